The van der Waals surface area contributed by atoms with Gasteiger partial charge in [-0.2, -0.15) is 5.10 Å². The van der Waals surface area contributed by atoms with Gasteiger partial charge in [0.15, 0.2) is 0 Å². The fourth-order valence-corrected chi connectivity index (χ4v) is 5.19. The van der Waals surface area contributed by atoms with Crippen molar-refractivity contribution in [2.75, 3.05) is 14.2 Å². The summed E-state index contributed by atoms with van der Waals surface area (Å²) < 4.78 is 11.6. The molecule has 1 aliphatic carbocycles. The maximum Gasteiger partial charge on any atom is 0.274 e. The lowest BCUT2D eigenvalue weighted by Crippen LogP contribution is -2.31. The Bertz CT molecular complexity index is 1260. The molecule has 5 nitrogen and oxygen atoms in total. The molecule has 0 saturated heterocycles. The molecule has 35 heavy (non-hydrogen) atoms. The topological polar surface area (TPSA) is 51.1 Å². The van der Waals surface area contributed by atoms with E-state index in [1.54, 1.807) is 19.2 Å². The number of halogens is 1. The van der Waals surface area contributed by atoms with Gasteiger partial charge in [-0.15, -0.1) is 0 Å². The van der Waals surface area contributed by atoms with Crippen LogP contribution in [-0.4, -0.2) is 30.8 Å². The van der Waals surface area contributed by atoms with Gasteiger partial charge in [0, 0.05) is 16.0 Å². The van der Waals surface area contributed by atoms with Crippen molar-refractivity contribution < 1.29 is 14.3 Å². The number of benzene rings is 3. The molecule has 0 radical (unpaired) electrons. The minimum absolute atomic E-state index is 0.0935. The third-order valence-electron chi connectivity index (χ3n) is 6.71. The van der Waals surface area contributed by atoms with Crippen LogP contribution >= 0.6 is 15.9 Å². The molecule has 1 saturated carbocycles. The third-order valence-corrected chi connectivity index (χ3v) is 7.24. The van der Waals surface area contributed by atoms with Gasteiger partial charge in [0.25, 0.3) is 5.91 Å². The maximum absolute atomic E-state index is 13.7. The molecular weight excluding hydrogens is 504 g/mol. The molecule has 3 aromatic rings. The second kappa shape index (κ2) is 10.1. The second-order valence-corrected chi connectivity index (χ2v) is 9.72. The third kappa shape index (κ3) is 4.76. The SMILES string of the molecule is COc1ccc(/C=C2\CCC[C@H]3C2=NN(C(=O)c2ccc(Br)cc2)[C@@H]3c2ccc(OC)cc2)cc1. The molecule has 1 amide bonds. The van der Waals surface area contributed by atoms with E-state index in [4.69, 9.17) is 14.6 Å². The molecule has 5 rings (SSSR count). The number of carbonyl (C=O) groups excluding carboxylic acids is 1. The van der Waals surface area contributed by atoms with Crippen molar-refractivity contribution in [1.29, 1.82) is 0 Å². The number of allylic oxidation sites excluding steroid dienone is 1. The number of nitrogens with zero attached hydrogens (tertiary/aromatic N) is 2. The molecule has 0 spiro atoms. The highest BCUT2D eigenvalue weighted by Crippen LogP contribution is 2.45. The number of hydrogen-bond donors (Lipinski definition) is 0. The Morgan fingerprint density at radius 3 is 2.20 bits per heavy atom. The molecule has 3 aromatic carbocycles. The highest BCUT2D eigenvalue weighted by atomic mass is 79.9. The summed E-state index contributed by atoms with van der Waals surface area (Å²) in [6, 6.07) is 23.3. The van der Waals surface area contributed by atoms with Crippen molar-refractivity contribution in [3.05, 3.63) is 99.5 Å². The number of fused-ring (bicyclic) bond motifs is 1. The van der Waals surface area contributed by atoms with Crippen LogP contribution in [0.5, 0.6) is 11.5 Å². The Morgan fingerprint density at radius 2 is 1.57 bits per heavy atom. The van der Waals surface area contributed by atoms with Crippen LogP contribution in [0.1, 0.15) is 46.8 Å². The van der Waals surface area contributed by atoms with E-state index in [2.05, 4.69) is 34.1 Å². The van der Waals surface area contributed by atoms with E-state index >= 15 is 0 Å². The fourth-order valence-electron chi connectivity index (χ4n) is 4.93. The maximum atomic E-state index is 13.7. The monoisotopic (exact) mass is 530 g/mol. The van der Waals surface area contributed by atoms with Gasteiger partial charge in [-0.3, -0.25) is 4.79 Å². The Morgan fingerprint density at radius 1 is 0.943 bits per heavy atom. The number of amides is 1. The van der Waals surface area contributed by atoms with Crippen LogP contribution in [0.3, 0.4) is 0 Å². The van der Waals surface area contributed by atoms with E-state index in [0.717, 1.165) is 52.1 Å². The van der Waals surface area contributed by atoms with Crippen molar-refractivity contribution in [2.24, 2.45) is 11.0 Å². The zero-order valence-electron chi connectivity index (χ0n) is 19.8. The van der Waals surface area contributed by atoms with Crippen molar-refractivity contribution in [3.63, 3.8) is 0 Å². The first-order valence-corrected chi connectivity index (χ1v) is 12.5. The van der Waals surface area contributed by atoms with Crippen molar-refractivity contribution in [1.82, 2.24) is 5.01 Å². The zero-order chi connectivity index (χ0) is 24.4. The minimum atomic E-state index is -0.161. The van der Waals surface area contributed by atoms with Gasteiger partial charge in [-0.25, -0.2) is 5.01 Å². The standard InChI is InChI=1S/C29H27BrN2O3/c1-34-24-14-6-19(7-15-24)18-22-4-3-5-26-27(22)31-32(29(33)21-8-12-23(30)13-9-21)28(26)20-10-16-25(35-2)17-11-20/h6-18,26,28H,3-5H2,1-2H3/b22-18+/t26-,28+/m0/s1. The molecule has 2 aliphatic rings. The van der Waals surface area contributed by atoms with Gasteiger partial charge < -0.3 is 9.47 Å². The summed E-state index contributed by atoms with van der Waals surface area (Å²) in [5.74, 6) is 1.67. The Hall–Kier alpha value is -3.38. The summed E-state index contributed by atoms with van der Waals surface area (Å²) >= 11 is 3.46. The summed E-state index contributed by atoms with van der Waals surface area (Å²) in [6.45, 7) is 0. The van der Waals surface area contributed by atoms with E-state index in [1.165, 1.54) is 5.57 Å². The first-order chi connectivity index (χ1) is 17.1. The summed E-state index contributed by atoms with van der Waals surface area (Å²) in [5, 5.41) is 6.68. The van der Waals surface area contributed by atoms with Gasteiger partial charge in [-0.1, -0.05) is 40.2 Å². The quantitative estimate of drug-likeness (QED) is 0.360. The lowest BCUT2D eigenvalue weighted by atomic mass is 9.77. The van der Waals surface area contributed by atoms with Gasteiger partial charge in [0.2, 0.25) is 0 Å². The predicted octanol–water partition coefficient (Wildman–Crippen LogP) is 6.90. The van der Waals surface area contributed by atoms with Gasteiger partial charge in [-0.05, 0) is 90.6 Å². The largest absolute Gasteiger partial charge is 0.497 e. The van der Waals surface area contributed by atoms with Crippen LogP contribution in [0.15, 0.2) is 87.9 Å². The molecule has 2 atom stereocenters. The molecule has 1 heterocycles. The van der Waals surface area contributed by atoms with E-state index < -0.39 is 0 Å². The molecule has 0 unspecified atom stereocenters. The molecule has 0 aromatic heterocycles. The van der Waals surface area contributed by atoms with Gasteiger partial charge in [0.1, 0.15) is 11.5 Å². The van der Waals surface area contributed by atoms with Crippen molar-refractivity contribution in [2.45, 2.75) is 25.3 Å². The molecular formula is C29H27BrN2O3. The van der Waals surface area contributed by atoms with Crippen LogP contribution in [0.2, 0.25) is 0 Å². The van der Waals surface area contributed by atoms with Gasteiger partial charge in [0.05, 0.1) is 26.0 Å². The summed E-state index contributed by atoms with van der Waals surface area (Å²) in [4.78, 5) is 13.7. The number of hydrogen-bond acceptors (Lipinski definition) is 4. The van der Waals surface area contributed by atoms with Crippen LogP contribution in [0.25, 0.3) is 6.08 Å². The lowest BCUT2D eigenvalue weighted by Gasteiger charge is -2.29. The summed E-state index contributed by atoms with van der Waals surface area (Å²) in [7, 11) is 3.33. The number of carbonyl (C=O) groups is 1. The van der Waals surface area contributed by atoms with E-state index in [1.807, 2.05) is 60.7 Å². The highest BCUT2D eigenvalue weighted by molar-refractivity contribution is 9.10. The van der Waals surface area contributed by atoms with Crippen molar-refractivity contribution >= 4 is 33.6 Å². The van der Waals surface area contributed by atoms with Crippen molar-refractivity contribution in [3.8, 4) is 11.5 Å². The zero-order valence-corrected chi connectivity index (χ0v) is 21.4. The predicted molar refractivity (Wildman–Crippen MR) is 142 cm³/mol. The van der Waals surface area contributed by atoms with Gasteiger partial charge >= 0.3 is 0 Å². The summed E-state index contributed by atoms with van der Waals surface area (Å²) in [5.41, 5.74) is 4.98. The smallest absolute Gasteiger partial charge is 0.274 e. The molecule has 0 bridgehead atoms. The molecule has 0 N–H and O–H groups in total. The van der Waals surface area contributed by atoms with E-state index in [0.29, 0.717) is 5.56 Å². The second-order valence-electron chi connectivity index (χ2n) is 8.80. The number of ether oxygens (including phenoxy) is 2. The van der Waals surface area contributed by atoms with E-state index in [9.17, 15) is 4.79 Å². The Kier molecular flexibility index (Phi) is 6.73. The molecule has 178 valence electrons. The Balaban J connectivity index is 1.55. The number of hydrazone groups is 1. The first kappa shape index (κ1) is 23.4. The molecule has 1 aliphatic heterocycles. The van der Waals surface area contributed by atoms with Crippen LogP contribution in [0.4, 0.5) is 0 Å². The number of methoxy groups -OCH3 is 2. The minimum Gasteiger partial charge on any atom is -0.497 e. The molecule has 1 fully saturated rings. The number of rotatable bonds is 5. The van der Waals surface area contributed by atoms with Crippen LogP contribution < -0.4 is 9.47 Å². The van der Waals surface area contributed by atoms with E-state index in [-0.39, 0.29) is 17.9 Å². The average molecular weight is 531 g/mol. The lowest BCUT2D eigenvalue weighted by molar-refractivity contribution is 0.0681. The molecule has 6 heteroatoms. The normalized spacial score (nSPS) is 20.4. The van der Waals surface area contributed by atoms with Crippen LogP contribution in [0, 0.1) is 5.92 Å². The first-order valence-electron chi connectivity index (χ1n) is 11.7. The summed E-state index contributed by atoms with van der Waals surface area (Å²) in [6.07, 6.45) is 5.18. The average Bonchev–Trinajstić information content (AvgIpc) is 3.30. The fraction of sp³-hybridized carbons (Fsp3) is 0.241. The highest BCUT2D eigenvalue weighted by Gasteiger charge is 2.43. The Labute approximate surface area is 214 Å². The van der Waals surface area contributed by atoms with Crippen LogP contribution in [-0.2, 0) is 0 Å².